The van der Waals surface area contributed by atoms with Crippen LogP contribution in [0.3, 0.4) is 0 Å². The van der Waals surface area contributed by atoms with Gasteiger partial charge in [-0.2, -0.15) is 0 Å². The quantitative estimate of drug-likeness (QED) is 0.0374. The van der Waals surface area contributed by atoms with Crippen molar-refractivity contribution in [2.75, 3.05) is 13.2 Å². The molecule has 67 heavy (non-hydrogen) atoms. The summed E-state index contributed by atoms with van der Waals surface area (Å²) in [5, 5.41) is 9.63. The van der Waals surface area contributed by atoms with Gasteiger partial charge in [-0.15, -0.1) is 0 Å². The minimum Gasteiger partial charge on any atom is -0.462 e. The van der Waals surface area contributed by atoms with E-state index in [1.54, 1.807) is 0 Å². The molecular formula is C62H108O5. The molecular weight excluding hydrogens is 825 g/mol. The lowest BCUT2D eigenvalue weighted by molar-refractivity contribution is -0.161. The van der Waals surface area contributed by atoms with Gasteiger partial charge in [0.25, 0.3) is 0 Å². The monoisotopic (exact) mass is 933 g/mol. The van der Waals surface area contributed by atoms with E-state index in [4.69, 9.17) is 9.47 Å². The number of aliphatic hydroxyl groups is 1. The van der Waals surface area contributed by atoms with Crippen molar-refractivity contribution in [2.45, 2.75) is 283 Å². The van der Waals surface area contributed by atoms with E-state index in [1.807, 2.05) is 0 Å². The number of carbonyl (C=O) groups excluding carboxylic acids is 2. The first-order valence-electron chi connectivity index (χ1n) is 28.6. The number of ether oxygens (including phenoxy) is 2. The maximum atomic E-state index is 12.3. The number of carbonyl (C=O) groups is 2. The van der Waals surface area contributed by atoms with E-state index < -0.39 is 6.10 Å². The third-order valence-corrected chi connectivity index (χ3v) is 12.4. The van der Waals surface area contributed by atoms with Crippen LogP contribution in [-0.4, -0.2) is 36.4 Å². The Balaban J connectivity index is 3.44. The Morgan fingerprint density at radius 3 is 0.985 bits per heavy atom. The molecule has 5 nitrogen and oxygen atoms in total. The molecule has 0 saturated heterocycles. The molecule has 0 amide bonds. The van der Waals surface area contributed by atoms with Crippen LogP contribution in [0.15, 0.2) is 85.1 Å². The van der Waals surface area contributed by atoms with Gasteiger partial charge in [-0.1, -0.05) is 259 Å². The lowest BCUT2D eigenvalue weighted by Crippen LogP contribution is -2.28. The van der Waals surface area contributed by atoms with Gasteiger partial charge in [-0.3, -0.25) is 9.59 Å². The van der Waals surface area contributed by atoms with Gasteiger partial charge in [0, 0.05) is 12.8 Å². The van der Waals surface area contributed by atoms with Gasteiger partial charge in [0.15, 0.2) is 6.10 Å². The summed E-state index contributed by atoms with van der Waals surface area (Å²) in [6.07, 6.45) is 80.0. The first-order valence-corrected chi connectivity index (χ1v) is 28.6. The minimum absolute atomic E-state index is 0.0690. The van der Waals surface area contributed by atoms with E-state index in [2.05, 4.69) is 98.9 Å². The lowest BCUT2D eigenvalue weighted by Gasteiger charge is -2.15. The smallest absolute Gasteiger partial charge is 0.306 e. The molecule has 0 bridgehead atoms. The average Bonchev–Trinajstić information content (AvgIpc) is 3.33. The molecule has 0 aromatic rings. The first-order chi connectivity index (χ1) is 33.1. The number of hydrogen-bond donors (Lipinski definition) is 1. The van der Waals surface area contributed by atoms with Crippen molar-refractivity contribution in [3.05, 3.63) is 85.1 Å². The van der Waals surface area contributed by atoms with Crippen molar-refractivity contribution in [1.82, 2.24) is 0 Å². The molecule has 5 heteroatoms. The Hall–Kier alpha value is -2.92. The van der Waals surface area contributed by atoms with Crippen LogP contribution in [0, 0.1) is 0 Å². The molecule has 0 radical (unpaired) electrons. The molecule has 0 aliphatic rings. The fourth-order valence-corrected chi connectivity index (χ4v) is 8.14. The van der Waals surface area contributed by atoms with E-state index in [-0.39, 0.29) is 25.2 Å². The van der Waals surface area contributed by atoms with Crippen LogP contribution < -0.4 is 0 Å². The van der Waals surface area contributed by atoms with E-state index in [0.717, 1.165) is 83.5 Å². The van der Waals surface area contributed by atoms with Crippen molar-refractivity contribution in [3.63, 3.8) is 0 Å². The third kappa shape index (κ3) is 55.6. The second-order valence-electron chi connectivity index (χ2n) is 19.0. The summed E-state index contributed by atoms with van der Waals surface area (Å²) in [6.45, 7) is 4.02. The molecule has 0 fully saturated rings. The van der Waals surface area contributed by atoms with Crippen molar-refractivity contribution in [1.29, 1.82) is 0 Å². The van der Waals surface area contributed by atoms with Crippen LogP contribution in [0.25, 0.3) is 0 Å². The summed E-state index contributed by atoms with van der Waals surface area (Å²) in [4.78, 5) is 24.4. The standard InChI is InChI=1S/C62H108O5/c1-3-5-7-9-11-13-15-17-19-20-21-22-23-24-25-26-27-28-29-30-31-32-33-34-35-36-37-38-39-40-41-42-43-45-47-49-51-53-55-57-62(65)67-60(58-63)59-66-61(64)56-54-52-50-48-46-44-18-16-14-12-10-8-6-4-2/h5,7,11,13,16-19,21-22,24-25,27-28,60,63H,3-4,6,8-10,12,14-15,20,23,26,29-59H2,1-2H3/b7-5-,13-11-,18-16-,19-17-,22-21-,25-24-,28-27-. The summed E-state index contributed by atoms with van der Waals surface area (Å²) >= 11 is 0. The van der Waals surface area contributed by atoms with Crippen molar-refractivity contribution in [3.8, 4) is 0 Å². The molecule has 0 heterocycles. The van der Waals surface area contributed by atoms with Crippen LogP contribution in [-0.2, 0) is 19.1 Å². The molecule has 0 saturated carbocycles. The summed E-state index contributed by atoms with van der Waals surface area (Å²) < 4.78 is 10.7. The topological polar surface area (TPSA) is 72.8 Å². The zero-order chi connectivity index (χ0) is 48.5. The molecule has 1 unspecified atom stereocenters. The molecule has 0 aliphatic carbocycles. The largest absolute Gasteiger partial charge is 0.462 e. The molecule has 0 rings (SSSR count). The zero-order valence-electron chi connectivity index (χ0n) is 44.1. The highest BCUT2D eigenvalue weighted by molar-refractivity contribution is 5.70. The molecule has 386 valence electrons. The Labute approximate surface area is 416 Å². The Morgan fingerprint density at radius 1 is 0.358 bits per heavy atom. The van der Waals surface area contributed by atoms with Crippen molar-refractivity contribution < 1.29 is 24.2 Å². The molecule has 0 spiro atoms. The van der Waals surface area contributed by atoms with Crippen molar-refractivity contribution in [2.24, 2.45) is 0 Å². The minimum atomic E-state index is -0.775. The normalized spacial score (nSPS) is 12.8. The second-order valence-corrected chi connectivity index (χ2v) is 19.0. The van der Waals surface area contributed by atoms with E-state index in [1.165, 1.54) is 167 Å². The molecule has 0 aliphatic heterocycles. The van der Waals surface area contributed by atoms with Crippen LogP contribution >= 0.6 is 0 Å². The highest BCUT2D eigenvalue weighted by atomic mass is 16.6. The summed E-state index contributed by atoms with van der Waals surface area (Å²) in [7, 11) is 0. The number of hydrogen-bond acceptors (Lipinski definition) is 5. The van der Waals surface area contributed by atoms with Gasteiger partial charge >= 0.3 is 11.9 Å². The molecule has 0 aromatic carbocycles. The first kappa shape index (κ1) is 64.1. The van der Waals surface area contributed by atoms with Gasteiger partial charge in [0.05, 0.1) is 6.61 Å². The SMILES string of the molecule is CC/C=C\C/C=C\C/C=C\C/C=C\C/C=C\C/C=C\CCCCCCCCCCCCCCCCCCCCCCC(=O)OC(CO)COC(=O)CCCCCCC/C=C\CCCCCCC. The highest BCUT2D eigenvalue weighted by Gasteiger charge is 2.16. The Morgan fingerprint density at radius 2 is 0.642 bits per heavy atom. The van der Waals surface area contributed by atoms with Gasteiger partial charge in [0.1, 0.15) is 6.61 Å². The van der Waals surface area contributed by atoms with Crippen LogP contribution in [0.1, 0.15) is 277 Å². The van der Waals surface area contributed by atoms with E-state index in [9.17, 15) is 14.7 Å². The summed E-state index contributed by atoms with van der Waals surface area (Å²) in [5.41, 5.74) is 0. The fraction of sp³-hybridized carbons (Fsp3) is 0.742. The van der Waals surface area contributed by atoms with E-state index >= 15 is 0 Å². The number of unbranched alkanes of at least 4 members (excludes halogenated alkanes) is 30. The third-order valence-electron chi connectivity index (χ3n) is 12.4. The molecule has 0 aromatic heterocycles. The van der Waals surface area contributed by atoms with Crippen LogP contribution in [0.5, 0.6) is 0 Å². The number of allylic oxidation sites excluding steroid dienone is 14. The Kier molecular flexibility index (Phi) is 54.9. The summed E-state index contributed by atoms with van der Waals surface area (Å²) in [5.74, 6) is -0.593. The maximum absolute atomic E-state index is 12.3. The highest BCUT2D eigenvalue weighted by Crippen LogP contribution is 2.16. The average molecular weight is 934 g/mol. The summed E-state index contributed by atoms with van der Waals surface area (Å²) in [6, 6.07) is 0. The Bertz CT molecular complexity index is 1240. The molecule has 1 N–H and O–H groups in total. The van der Waals surface area contributed by atoms with Gasteiger partial charge in [-0.25, -0.2) is 0 Å². The predicted molar refractivity (Wildman–Crippen MR) is 293 cm³/mol. The van der Waals surface area contributed by atoms with Crippen LogP contribution in [0.2, 0.25) is 0 Å². The number of esters is 2. The number of rotatable bonds is 52. The predicted octanol–water partition coefficient (Wildman–Crippen LogP) is 19.4. The van der Waals surface area contributed by atoms with Gasteiger partial charge in [0.2, 0.25) is 0 Å². The fourth-order valence-electron chi connectivity index (χ4n) is 8.14. The molecule has 1 atom stereocenters. The lowest BCUT2D eigenvalue weighted by atomic mass is 10.0. The van der Waals surface area contributed by atoms with E-state index in [0.29, 0.717) is 12.8 Å². The van der Waals surface area contributed by atoms with Gasteiger partial charge in [-0.05, 0) is 89.9 Å². The zero-order valence-corrected chi connectivity index (χ0v) is 44.1. The number of aliphatic hydroxyl groups excluding tert-OH is 1. The second kappa shape index (κ2) is 57.4. The van der Waals surface area contributed by atoms with Crippen LogP contribution in [0.4, 0.5) is 0 Å². The maximum Gasteiger partial charge on any atom is 0.306 e. The van der Waals surface area contributed by atoms with Crippen molar-refractivity contribution >= 4 is 11.9 Å². The van der Waals surface area contributed by atoms with Gasteiger partial charge < -0.3 is 14.6 Å².